The van der Waals surface area contributed by atoms with E-state index in [1.807, 2.05) is 0 Å². The van der Waals surface area contributed by atoms with Gasteiger partial charge in [-0.05, 0) is 24.6 Å². The van der Waals surface area contributed by atoms with E-state index in [0.717, 1.165) is 6.07 Å². The number of carbonyl (C=O) groups excluding carboxylic acids is 1. The molecule has 0 amide bonds. The summed E-state index contributed by atoms with van der Waals surface area (Å²) in [5.41, 5.74) is -0.0774. The average Bonchev–Trinajstić information content (AvgIpc) is 2.26. The summed E-state index contributed by atoms with van der Waals surface area (Å²) in [5, 5.41) is 17.7. The summed E-state index contributed by atoms with van der Waals surface area (Å²) in [4.78, 5) is 32.1. The molecule has 1 aromatic carbocycles. The molecule has 1 rings (SSSR count). The predicted molar refractivity (Wildman–Crippen MR) is 62.7 cm³/mol. The molecule has 1 aromatic rings. The standard InChI is InChI=1S/C11H9BrO5/c1-5(13)9(12)7-3-2-6(10(14)15)4-8(7)11(16)17/h2-4,9H,1H3,(H,14,15)(H,16,17). The fourth-order valence-electron chi connectivity index (χ4n) is 1.31. The molecule has 5 nitrogen and oxygen atoms in total. The number of hydrogen-bond donors (Lipinski definition) is 2. The molecule has 0 saturated heterocycles. The number of carboxylic acids is 2. The van der Waals surface area contributed by atoms with Crippen LogP contribution in [0.15, 0.2) is 18.2 Å². The van der Waals surface area contributed by atoms with Gasteiger partial charge in [-0.2, -0.15) is 0 Å². The lowest BCUT2D eigenvalue weighted by Crippen LogP contribution is -2.10. The first-order chi connectivity index (χ1) is 7.84. The highest BCUT2D eigenvalue weighted by atomic mass is 79.9. The SMILES string of the molecule is CC(=O)C(Br)c1ccc(C(=O)O)cc1C(=O)O. The number of benzene rings is 1. The van der Waals surface area contributed by atoms with Crippen LogP contribution in [0, 0.1) is 0 Å². The molecular weight excluding hydrogens is 292 g/mol. The molecule has 90 valence electrons. The molecule has 0 aromatic heterocycles. The van der Waals surface area contributed by atoms with Gasteiger partial charge < -0.3 is 10.2 Å². The lowest BCUT2D eigenvalue weighted by molar-refractivity contribution is -0.116. The van der Waals surface area contributed by atoms with Crippen molar-refractivity contribution < 1.29 is 24.6 Å². The molecule has 0 aliphatic carbocycles. The number of Topliss-reactive ketones (excluding diaryl/α,β-unsaturated/α-hetero) is 1. The number of ketones is 1. The van der Waals surface area contributed by atoms with Gasteiger partial charge in [0, 0.05) is 0 Å². The largest absolute Gasteiger partial charge is 0.478 e. The third-order valence-electron chi connectivity index (χ3n) is 2.16. The maximum Gasteiger partial charge on any atom is 0.336 e. The monoisotopic (exact) mass is 300 g/mol. The second-order valence-corrected chi connectivity index (χ2v) is 4.30. The van der Waals surface area contributed by atoms with E-state index in [1.54, 1.807) is 0 Å². The van der Waals surface area contributed by atoms with Gasteiger partial charge in [0.05, 0.1) is 16.0 Å². The van der Waals surface area contributed by atoms with E-state index in [0.29, 0.717) is 0 Å². The maximum atomic E-state index is 11.2. The maximum absolute atomic E-state index is 11.2. The van der Waals surface area contributed by atoms with E-state index in [4.69, 9.17) is 10.2 Å². The molecule has 17 heavy (non-hydrogen) atoms. The van der Waals surface area contributed by atoms with Crippen LogP contribution < -0.4 is 0 Å². The van der Waals surface area contributed by atoms with Crippen molar-refractivity contribution >= 4 is 33.7 Å². The van der Waals surface area contributed by atoms with Crippen molar-refractivity contribution in [3.05, 3.63) is 34.9 Å². The number of alkyl halides is 1. The van der Waals surface area contributed by atoms with Gasteiger partial charge >= 0.3 is 11.9 Å². The predicted octanol–water partition coefficient (Wildman–Crippen LogP) is 2.11. The molecule has 1 atom stereocenters. The number of halogens is 1. The smallest absolute Gasteiger partial charge is 0.336 e. The molecule has 0 spiro atoms. The van der Waals surface area contributed by atoms with Gasteiger partial charge in [-0.1, -0.05) is 22.0 Å². The van der Waals surface area contributed by atoms with Gasteiger partial charge in [0.15, 0.2) is 0 Å². The average molecular weight is 301 g/mol. The van der Waals surface area contributed by atoms with Crippen molar-refractivity contribution in [3.8, 4) is 0 Å². The number of hydrogen-bond acceptors (Lipinski definition) is 3. The highest BCUT2D eigenvalue weighted by molar-refractivity contribution is 9.09. The Labute approximate surface area is 105 Å². The van der Waals surface area contributed by atoms with Crippen molar-refractivity contribution in [3.63, 3.8) is 0 Å². The normalized spacial score (nSPS) is 11.9. The van der Waals surface area contributed by atoms with E-state index in [9.17, 15) is 14.4 Å². The van der Waals surface area contributed by atoms with Crippen molar-refractivity contribution in [1.29, 1.82) is 0 Å². The van der Waals surface area contributed by atoms with E-state index >= 15 is 0 Å². The summed E-state index contributed by atoms with van der Waals surface area (Å²) in [6.07, 6.45) is 0. The molecule has 0 heterocycles. The van der Waals surface area contributed by atoms with Gasteiger partial charge in [0.2, 0.25) is 0 Å². The molecule has 0 bridgehead atoms. The van der Waals surface area contributed by atoms with Crippen LogP contribution in [0.4, 0.5) is 0 Å². The summed E-state index contributed by atoms with van der Waals surface area (Å²) < 4.78 is 0. The fraction of sp³-hybridized carbons (Fsp3) is 0.182. The second-order valence-electron chi connectivity index (χ2n) is 3.39. The van der Waals surface area contributed by atoms with Crippen LogP contribution >= 0.6 is 15.9 Å². The molecule has 1 unspecified atom stereocenters. The Kier molecular flexibility index (Phi) is 4.01. The van der Waals surface area contributed by atoms with Crippen LogP contribution in [0.3, 0.4) is 0 Å². The zero-order chi connectivity index (χ0) is 13.2. The van der Waals surface area contributed by atoms with Crippen LogP contribution in [0.5, 0.6) is 0 Å². The third kappa shape index (κ3) is 2.91. The minimum Gasteiger partial charge on any atom is -0.478 e. The lowest BCUT2D eigenvalue weighted by Gasteiger charge is -2.10. The summed E-state index contributed by atoms with van der Waals surface area (Å²) in [6, 6.07) is 3.63. The highest BCUT2D eigenvalue weighted by Crippen LogP contribution is 2.27. The molecule has 0 fully saturated rings. The zero-order valence-corrected chi connectivity index (χ0v) is 10.4. The molecule has 0 aliphatic heterocycles. The van der Waals surface area contributed by atoms with E-state index in [2.05, 4.69) is 15.9 Å². The molecule has 2 N–H and O–H groups in total. The Balaban J connectivity index is 3.37. The van der Waals surface area contributed by atoms with E-state index in [1.165, 1.54) is 19.1 Å². The molecule has 0 radical (unpaired) electrons. The minimum absolute atomic E-state index is 0.130. The van der Waals surface area contributed by atoms with Gasteiger partial charge in [0.25, 0.3) is 0 Å². The van der Waals surface area contributed by atoms with Crippen LogP contribution in [0.1, 0.15) is 38.0 Å². The number of aromatic carboxylic acids is 2. The third-order valence-corrected chi connectivity index (χ3v) is 3.30. The van der Waals surface area contributed by atoms with Gasteiger partial charge in [-0.25, -0.2) is 9.59 Å². The van der Waals surface area contributed by atoms with E-state index < -0.39 is 16.8 Å². The summed E-state index contributed by atoms with van der Waals surface area (Å²) in [7, 11) is 0. The van der Waals surface area contributed by atoms with E-state index in [-0.39, 0.29) is 22.5 Å². The van der Waals surface area contributed by atoms with Crippen LogP contribution in [-0.2, 0) is 4.79 Å². The molecular formula is C11H9BrO5. The van der Waals surface area contributed by atoms with Crippen molar-refractivity contribution in [1.82, 2.24) is 0 Å². The summed E-state index contributed by atoms with van der Waals surface area (Å²) in [5.74, 6) is -2.74. The van der Waals surface area contributed by atoms with Crippen molar-refractivity contribution in [2.75, 3.05) is 0 Å². The number of carbonyl (C=O) groups is 3. The first-order valence-corrected chi connectivity index (χ1v) is 5.51. The Morgan fingerprint density at radius 3 is 2.18 bits per heavy atom. The first kappa shape index (κ1) is 13.4. The Bertz CT molecular complexity index is 495. The molecule has 0 saturated carbocycles. The first-order valence-electron chi connectivity index (χ1n) is 4.59. The van der Waals surface area contributed by atoms with Crippen LogP contribution in [0.2, 0.25) is 0 Å². The quantitative estimate of drug-likeness (QED) is 0.831. The highest BCUT2D eigenvalue weighted by Gasteiger charge is 2.21. The zero-order valence-electron chi connectivity index (χ0n) is 8.81. The van der Waals surface area contributed by atoms with Crippen molar-refractivity contribution in [2.45, 2.75) is 11.8 Å². The fourth-order valence-corrected chi connectivity index (χ4v) is 1.71. The summed E-state index contributed by atoms with van der Waals surface area (Å²) in [6.45, 7) is 1.32. The second kappa shape index (κ2) is 5.09. The van der Waals surface area contributed by atoms with Gasteiger partial charge in [-0.3, -0.25) is 4.79 Å². The molecule has 0 aliphatic rings. The summed E-state index contributed by atoms with van der Waals surface area (Å²) >= 11 is 3.07. The van der Waals surface area contributed by atoms with Gasteiger partial charge in [-0.15, -0.1) is 0 Å². The van der Waals surface area contributed by atoms with Crippen molar-refractivity contribution in [2.24, 2.45) is 0 Å². The minimum atomic E-state index is -1.27. The topological polar surface area (TPSA) is 91.7 Å². The Morgan fingerprint density at radius 2 is 1.76 bits per heavy atom. The number of rotatable bonds is 4. The molecule has 6 heteroatoms. The lowest BCUT2D eigenvalue weighted by atomic mass is 10.00. The van der Waals surface area contributed by atoms with Crippen LogP contribution in [-0.4, -0.2) is 27.9 Å². The van der Waals surface area contributed by atoms with Gasteiger partial charge in [0.1, 0.15) is 5.78 Å². The number of carboxylic acid groups (broad SMARTS) is 2. The Morgan fingerprint density at radius 1 is 1.18 bits per heavy atom. The Hall–Kier alpha value is -1.69. The van der Waals surface area contributed by atoms with Crippen LogP contribution in [0.25, 0.3) is 0 Å².